The van der Waals surface area contributed by atoms with Gasteiger partial charge in [-0.15, -0.1) is 0 Å². The molecule has 0 aliphatic carbocycles. The molecule has 0 saturated carbocycles. The molecule has 2 atom stereocenters. The molecule has 0 bridgehead atoms. The number of rotatable bonds is 9. The summed E-state index contributed by atoms with van der Waals surface area (Å²) < 4.78 is 12.8. The zero-order chi connectivity index (χ0) is 18.6. The third-order valence-electron chi connectivity index (χ3n) is 6.43. The molecule has 148 valence electrons. The Morgan fingerprint density at radius 2 is 1.60 bits per heavy atom. The number of hydroxylamine groups is 2. The fourth-order valence-electron chi connectivity index (χ4n) is 4.91. The lowest BCUT2D eigenvalue weighted by Crippen LogP contribution is -2.66. The smallest absolute Gasteiger partial charge is 0.172 e. The topological polar surface area (TPSA) is 41.9 Å². The average molecular weight is 356 g/mol. The summed E-state index contributed by atoms with van der Waals surface area (Å²) in [5.41, 5.74) is -0.587. The molecule has 0 aromatic rings. The van der Waals surface area contributed by atoms with Gasteiger partial charge in [-0.25, -0.2) is 0 Å². The maximum atomic E-state index is 10.8. The Labute approximate surface area is 155 Å². The molecule has 4 heteroatoms. The summed E-state index contributed by atoms with van der Waals surface area (Å²) in [4.78, 5) is 0. The van der Waals surface area contributed by atoms with Crippen LogP contribution in [0, 0.1) is 0 Å². The Balaban J connectivity index is 1.91. The van der Waals surface area contributed by atoms with Crippen molar-refractivity contribution < 1.29 is 14.7 Å². The fourth-order valence-corrected chi connectivity index (χ4v) is 4.91. The van der Waals surface area contributed by atoms with Crippen molar-refractivity contribution in [1.82, 2.24) is 5.06 Å². The monoisotopic (exact) mass is 355 g/mol. The van der Waals surface area contributed by atoms with Crippen molar-refractivity contribution in [2.75, 3.05) is 6.61 Å². The third kappa shape index (κ3) is 4.77. The van der Waals surface area contributed by atoms with Crippen molar-refractivity contribution in [2.45, 2.75) is 128 Å². The van der Waals surface area contributed by atoms with Crippen molar-refractivity contribution in [3.05, 3.63) is 0 Å². The Hall–Kier alpha value is -0.160. The molecule has 4 nitrogen and oxygen atoms in total. The first kappa shape index (κ1) is 21.1. The number of nitrogens with zero attached hydrogens (tertiary/aromatic N) is 1. The summed E-state index contributed by atoms with van der Waals surface area (Å²) in [7, 11) is 0. The highest BCUT2D eigenvalue weighted by molar-refractivity contribution is 5.05. The Kier molecular flexibility index (Phi) is 7.35. The van der Waals surface area contributed by atoms with E-state index in [4.69, 9.17) is 9.47 Å². The van der Waals surface area contributed by atoms with Crippen LogP contribution >= 0.6 is 0 Å². The highest BCUT2D eigenvalue weighted by atomic mass is 16.7. The van der Waals surface area contributed by atoms with E-state index >= 15 is 0 Å². The molecule has 2 heterocycles. The number of piperidine rings is 1. The van der Waals surface area contributed by atoms with E-state index in [1.807, 2.05) is 0 Å². The van der Waals surface area contributed by atoms with Gasteiger partial charge in [-0.05, 0) is 33.1 Å². The number of unbranched alkanes of at least 4 members (excludes halogenated alkanes) is 5. The van der Waals surface area contributed by atoms with Crippen LogP contribution < -0.4 is 0 Å². The molecule has 1 spiro atoms. The van der Waals surface area contributed by atoms with Gasteiger partial charge in [0.15, 0.2) is 5.79 Å². The summed E-state index contributed by atoms with van der Waals surface area (Å²) in [6.45, 7) is 11.5. The van der Waals surface area contributed by atoms with Crippen molar-refractivity contribution in [3.8, 4) is 0 Å². The Bertz CT molecular complexity index is 408. The molecule has 2 aliphatic heterocycles. The predicted molar refractivity (Wildman–Crippen MR) is 102 cm³/mol. The molecule has 2 rings (SSSR count). The normalized spacial score (nSPS) is 31.7. The van der Waals surface area contributed by atoms with E-state index in [-0.39, 0.29) is 17.2 Å². The van der Waals surface area contributed by atoms with Crippen LogP contribution in [-0.2, 0) is 9.47 Å². The molecular weight excluding hydrogens is 314 g/mol. The zero-order valence-electron chi connectivity index (χ0n) is 17.3. The molecule has 0 aromatic heterocycles. The second kappa shape index (κ2) is 8.69. The molecule has 0 aromatic carbocycles. The van der Waals surface area contributed by atoms with Gasteiger partial charge in [-0.3, -0.25) is 0 Å². The number of hydrogen-bond donors (Lipinski definition) is 1. The summed E-state index contributed by atoms with van der Waals surface area (Å²) >= 11 is 0. The maximum Gasteiger partial charge on any atom is 0.172 e. The van der Waals surface area contributed by atoms with E-state index in [0.29, 0.717) is 6.61 Å². The van der Waals surface area contributed by atoms with Crippen molar-refractivity contribution in [1.29, 1.82) is 0 Å². The van der Waals surface area contributed by atoms with Crippen LogP contribution in [0.15, 0.2) is 0 Å². The SMILES string of the molecule is CCCCCCCCC1COC2(CC(C)(C)N(O)C(CC)(CC)C2)O1. The molecule has 25 heavy (non-hydrogen) atoms. The molecule has 1 N–H and O–H groups in total. The minimum Gasteiger partial charge on any atom is -0.347 e. The lowest BCUT2D eigenvalue weighted by atomic mass is 9.73. The van der Waals surface area contributed by atoms with Gasteiger partial charge in [-0.2, -0.15) is 5.06 Å². The van der Waals surface area contributed by atoms with Gasteiger partial charge in [0.2, 0.25) is 0 Å². The van der Waals surface area contributed by atoms with Gasteiger partial charge >= 0.3 is 0 Å². The molecule has 2 unspecified atom stereocenters. The minimum absolute atomic E-state index is 0.221. The lowest BCUT2D eigenvalue weighted by Gasteiger charge is -2.56. The fraction of sp³-hybridized carbons (Fsp3) is 1.00. The first-order valence-corrected chi connectivity index (χ1v) is 10.6. The summed E-state index contributed by atoms with van der Waals surface area (Å²) in [5, 5.41) is 12.4. The standard InChI is InChI=1S/C21H41NO3/c1-6-9-10-11-12-13-14-18-15-24-21(25-18)16-19(4,5)22(23)20(7-2,8-3)17-21/h18,23H,6-17H2,1-5H3. The van der Waals surface area contributed by atoms with E-state index in [0.717, 1.165) is 32.1 Å². The maximum absolute atomic E-state index is 10.8. The molecule has 2 saturated heterocycles. The molecule has 0 radical (unpaired) electrons. The zero-order valence-corrected chi connectivity index (χ0v) is 17.3. The van der Waals surface area contributed by atoms with Crippen molar-refractivity contribution >= 4 is 0 Å². The van der Waals surface area contributed by atoms with Gasteiger partial charge in [0.25, 0.3) is 0 Å². The Morgan fingerprint density at radius 3 is 2.24 bits per heavy atom. The van der Waals surface area contributed by atoms with E-state index in [9.17, 15) is 5.21 Å². The number of ether oxygens (including phenoxy) is 2. The summed E-state index contributed by atoms with van der Waals surface area (Å²) in [5.74, 6) is -0.512. The van der Waals surface area contributed by atoms with Crippen LogP contribution in [0.3, 0.4) is 0 Å². The van der Waals surface area contributed by atoms with Gasteiger partial charge in [0.05, 0.1) is 18.2 Å². The lowest BCUT2D eigenvalue weighted by molar-refractivity contribution is -0.326. The first-order valence-electron chi connectivity index (χ1n) is 10.6. The van der Waals surface area contributed by atoms with Crippen LogP contribution in [0.4, 0.5) is 0 Å². The minimum atomic E-state index is -0.512. The van der Waals surface area contributed by atoms with Crippen molar-refractivity contribution in [3.63, 3.8) is 0 Å². The van der Waals surface area contributed by atoms with Gasteiger partial charge in [-0.1, -0.05) is 59.3 Å². The van der Waals surface area contributed by atoms with Gasteiger partial charge < -0.3 is 14.7 Å². The van der Waals surface area contributed by atoms with E-state index in [2.05, 4.69) is 34.6 Å². The summed E-state index contributed by atoms with van der Waals surface area (Å²) in [6.07, 6.45) is 12.5. The first-order chi connectivity index (χ1) is 11.8. The summed E-state index contributed by atoms with van der Waals surface area (Å²) in [6, 6.07) is 0. The van der Waals surface area contributed by atoms with E-state index in [1.165, 1.54) is 38.5 Å². The van der Waals surface area contributed by atoms with Crippen molar-refractivity contribution in [2.24, 2.45) is 0 Å². The second-order valence-electron chi connectivity index (χ2n) is 8.93. The van der Waals surface area contributed by atoms with E-state index < -0.39 is 5.79 Å². The second-order valence-corrected chi connectivity index (χ2v) is 8.93. The highest BCUT2D eigenvalue weighted by Crippen LogP contribution is 2.50. The molecule has 0 amide bonds. The van der Waals surface area contributed by atoms with Gasteiger partial charge in [0, 0.05) is 18.4 Å². The van der Waals surface area contributed by atoms with Gasteiger partial charge in [0.1, 0.15) is 0 Å². The largest absolute Gasteiger partial charge is 0.347 e. The molecule has 2 aliphatic rings. The predicted octanol–water partition coefficient (Wildman–Crippen LogP) is 5.67. The van der Waals surface area contributed by atoms with Crippen LogP contribution in [0.5, 0.6) is 0 Å². The highest BCUT2D eigenvalue weighted by Gasteiger charge is 2.58. The molecule has 2 fully saturated rings. The quantitative estimate of drug-likeness (QED) is 0.541. The van der Waals surface area contributed by atoms with Crippen LogP contribution in [0.2, 0.25) is 0 Å². The van der Waals surface area contributed by atoms with Crippen LogP contribution in [0.1, 0.15) is 105 Å². The Morgan fingerprint density at radius 1 is 0.960 bits per heavy atom. The van der Waals surface area contributed by atoms with Crippen LogP contribution in [0.25, 0.3) is 0 Å². The van der Waals surface area contributed by atoms with E-state index in [1.54, 1.807) is 5.06 Å². The average Bonchev–Trinajstić information content (AvgIpc) is 2.96. The third-order valence-corrected chi connectivity index (χ3v) is 6.43. The molecular formula is C21H41NO3. The van der Waals surface area contributed by atoms with Crippen LogP contribution in [-0.4, -0.2) is 39.8 Å². The number of hydrogen-bond acceptors (Lipinski definition) is 4.